The quantitative estimate of drug-likeness (QED) is 0.730. The fourth-order valence-electron chi connectivity index (χ4n) is 2.11. The van der Waals surface area contributed by atoms with E-state index in [1.165, 1.54) is 6.92 Å². The molecule has 0 aliphatic heterocycles. The summed E-state index contributed by atoms with van der Waals surface area (Å²) in [6, 6.07) is 9.90. The van der Waals surface area contributed by atoms with Crippen molar-refractivity contribution in [1.29, 1.82) is 0 Å². The number of hydrogen-bond acceptors (Lipinski definition) is 3. The van der Waals surface area contributed by atoms with Crippen LogP contribution in [0.1, 0.15) is 19.4 Å². The molecule has 0 aliphatic rings. The number of carbonyl (C=O) groups is 2. The zero-order valence-electron chi connectivity index (χ0n) is 14.1. The molecule has 0 aromatic heterocycles. The molecule has 5 heteroatoms. The highest BCUT2D eigenvalue weighted by Crippen LogP contribution is 2.05. The summed E-state index contributed by atoms with van der Waals surface area (Å²) in [4.78, 5) is 29.5. The van der Waals surface area contributed by atoms with Crippen molar-refractivity contribution < 1.29 is 9.59 Å². The SMILES string of the molecule is CCN(Cc1ccccc1)C(=O)CN(CCN(C)C)C(C)=O. The van der Waals surface area contributed by atoms with Gasteiger partial charge in [0.2, 0.25) is 11.8 Å². The monoisotopic (exact) mass is 305 g/mol. The van der Waals surface area contributed by atoms with Crippen molar-refractivity contribution in [2.75, 3.05) is 40.3 Å². The lowest BCUT2D eigenvalue weighted by atomic mass is 10.2. The van der Waals surface area contributed by atoms with Crippen molar-refractivity contribution >= 4 is 11.8 Å². The smallest absolute Gasteiger partial charge is 0.242 e. The summed E-state index contributed by atoms with van der Waals surface area (Å²) in [7, 11) is 3.90. The summed E-state index contributed by atoms with van der Waals surface area (Å²) in [5, 5.41) is 0. The van der Waals surface area contributed by atoms with Crippen LogP contribution in [0.3, 0.4) is 0 Å². The van der Waals surface area contributed by atoms with Crippen LogP contribution in [0.15, 0.2) is 30.3 Å². The number of rotatable bonds is 8. The first kappa shape index (κ1) is 18.2. The third-order valence-corrected chi connectivity index (χ3v) is 3.54. The summed E-state index contributed by atoms with van der Waals surface area (Å²) in [5.41, 5.74) is 1.10. The normalized spacial score (nSPS) is 10.6. The van der Waals surface area contributed by atoms with Gasteiger partial charge in [-0.15, -0.1) is 0 Å². The van der Waals surface area contributed by atoms with Gasteiger partial charge in [-0.25, -0.2) is 0 Å². The Morgan fingerprint density at radius 3 is 2.14 bits per heavy atom. The van der Waals surface area contributed by atoms with Gasteiger partial charge in [-0.05, 0) is 26.6 Å². The molecule has 0 heterocycles. The highest BCUT2D eigenvalue weighted by Gasteiger charge is 2.18. The first-order valence-corrected chi connectivity index (χ1v) is 7.66. The van der Waals surface area contributed by atoms with Crippen molar-refractivity contribution in [2.24, 2.45) is 0 Å². The molecule has 5 nitrogen and oxygen atoms in total. The van der Waals surface area contributed by atoms with Crippen molar-refractivity contribution in [2.45, 2.75) is 20.4 Å². The van der Waals surface area contributed by atoms with Crippen LogP contribution in [0.5, 0.6) is 0 Å². The van der Waals surface area contributed by atoms with Crippen LogP contribution in [-0.2, 0) is 16.1 Å². The summed E-state index contributed by atoms with van der Waals surface area (Å²) in [6.45, 7) is 6.14. The number of carbonyl (C=O) groups excluding carboxylic acids is 2. The minimum Gasteiger partial charge on any atom is -0.337 e. The first-order valence-electron chi connectivity index (χ1n) is 7.66. The number of amides is 2. The second-order valence-electron chi connectivity index (χ2n) is 5.64. The van der Waals surface area contributed by atoms with Gasteiger partial charge in [0.1, 0.15) is 0 Å². The Morgan fingerprint density at radius 1 is 1.00 bits per heavy atom. The van der Waals surface area contributed by atoms with E-state index in [-0.39, 0.29) is 18.4 Å². The van der Waals surface area contributed by atoms with Crippen LogP contribution in [0.25, 0.3) is 0 Å². The maximum absolute atomic E-state index is 12.5. The van der Waals surface area contributed by atoms with E-state index in [1.54, 1.807) is 9.80 Å². The molecule has 0 N–H and O–H groups in total. The zero-order valence-corrected chi connectivity index (χ0v) is 14.1. The predicted molar refractivity (Wildman–Crippen MR) is 88.3 cm³/mol. The van der Waals surface area contributed by atoms with Crippen molar-refractivity contribution in [1.82, 2.24) is 14.7 Å². The average Bonchev–Trinajstić information content (AvgIpc) is 2.49. The molecule has 0 spiro atoms. The average molecular weight is 305 g/mol. The van der Waals surface area contributed by atoms with Crippen molar-refractivity contribution in [3.63, 3.8) is 0 Å². The molecule has 0 radical (unpaired) electrons. The maximum atomic E-state index is 12.5. The summed E-state index contributed by atoms with van der Waals surface area (Å²) in [5.74, 6) is -0.0775. The Kier molecular flexibility index (Phi) is 7.60. The Hall–Kier alpha value is -1.88. The van der Waals surface area contributed by atoms with Gasteiger partial charge in [0.25, 0.3) is 0 Å². The minimum atomic E-state index is -0.0639. The lowest BCUT2D eigenvalue weighted by Crippen LogP contribution is -2.44. The first-order chi connectivity index (χ1) is 10.4. The summed E-state index contributed by atoms with van der Waals surface area (Å²) >= 11 is 0. The summed E-state index contributed by atoms with van der Waals surface area (Å²) in [6.07, 6.45) is 0. The van der Waals surface area contributed by atoms with E-state index in [1.807, 2.05) is 56.3 Å². The number of nitrogens with zero attached hydrogens (tertiary/aromatic N) is 3. The predicted octanol–water partition coefficient (Wildman–Crippen LogP) is 1.45. The van der Waals surface area contributed by atoms with Crippen LogP contribution in [0.2, 0.25) is 0 Å². The van der Waals surface area contributed by atoms with Gasteiger partial charge >= 0.3 is 0 Å². The highest BCUT2D eigenvalue weighted by atomic mass is 16.2. The van der Waals surface area contributed by atoms with Crippen LogP contribution >= 0.6 is 0 Å². The molecule has 0 atom stereocenters. The van der Waals surface area contributed by atoms with Gasteiger partial charge < -0.3 is 14.7 Å². The number of likely N-dealkylation sites (N-methyl/N-ethyl adjacent to an activating group) is 2. The van der Waals surface area contributed by atoms with Crippen LogP contribution in [-0.4, -0.2) is 66.8 Å². The molecule has 0 fully saturated rings. The van der Waals surface area contributed by atoms with Crippen LogP contribution < -0.4 is 0 Å². The molecule has 0 saturated carbocycles. The van der Waals surface area contributed by atoms with Crippen molar-refractivity contribution in [3.05, 3.63) is 35.9 Å². The zero-order chi connectivity index (χ0) is 16.5. The van der Waals surface area contributed by atoms with Gasteiger partial charge in [0.15, 0.2) is 0 Å². The Balaban J connectivity index is 2.63. The highest BCUT2D eigenvalue weighted by molar-refractivity contribution is 5.83. The topological polar surface area (TPSA) is 43.9 Å². The van der Waals surface area contributed by atoms with E-state index < -0.39 is 0 Å². The van der Waals surface area contributed by atoms with E-state index in [0.717, 1.165) is 12.1 Å². The fourth-order valence-corrected chi connectivity index (χ4v) is 2.11. The lowest BCUT2D eigenvalue weighted by molar-refractivity contribution is -0.139. The molecule has 0 saturated heterocycles. The molecule has 22 heavy (non-hydrogen) atoms. The van der Waals surface area contributed by atoms with Crippen LogP contribution in [0, 0.1) is 0 Å². The molecule has 1 rings (SSSR count). The second-order valence-corrected chi connectivity index (χ2v) is 5.64. The summed E-state index contributed by atoms with van der Waals surface area (Å²) < 4.78 is 0. The van der Waals surface area contributed by atoms with Crippen LogP contribution in [0.4, 0.5) is 0 Å². The third kappa shape index (κ3) is 6.26. The second kappa shape index (κ2) is 9.20. The molecular weight excluding hydrogens is 278 g/mol. The Labute approximate surface area is 133 Å². The number of hydrogen-bond donors (Lipinski definition) is 0. The molecule has 122 valence electrons. The van der Waals surface area contributed by atoms with Gasteiger partial charge in [0.05, 0.1) is 6.54 Å². The van der Waals surface area contributed by atoms with Gasteiger partial charge in [-0.1, -0.05) is 30.3 Å². The van der Waals surface area contributed by atoms with E-state index >= 15 is 0 Å². The maximum Gasteiger partial charge on any atom is 0.242 e. The molecule has 0 unspecified atom stereocenters. The number of benzene rings is 1. The standard InChI is InChI=1S/C17H27N3O2/c1-5-19(13-16-9-7-6-8-10-16)17(22)14-20(15(2)21)12-11-18(3)4/h6-10H,5,11-14H2,1-4H3. The lowest BCUT2D eigenvalue weighted by Gasteiger charge is -2.27. The Bertz CT molecular complexity index is 474. The molecule has 1 aromatic carbocycles. The molecular formula is C17H27N3O2. The fraction of sp³-hybridized carbons (Fsp3) is 0.529. The molecule has 0 bridgehead atoms. The van der Waals surface area contributed by atoms with E-state index in [0.29, 0.717) is 19.6 Å². The van der Waals surface area contributed by atoms with Crippen molar-refractivity contribution in [3.8, 4) is 0 Å². The van der Waals surface area contributed by atoms with Gasteiger partial charge in [0, 0.05) is 33.1 Å². The van der Waals surface area contributed by atoms with Gasteiger partial charge in [-0.2, -0.15) is 0 Å². The molecule has 2 amide bonds. The minimum absolute atomic E-state index is 0.0136. The largest absolute Gasteiger partial charge is 0.337 e. The van der Waals surface area contributed by atoms with E-state index in [9.17, 15) is 9.59 Å². The molecule has 0 aliphatic carbocycles. The van der Waals surface area contributed by atoms with E-state index in [4.69, 9.17) is 0 Å². The van der Waals surface area contributed by atoms with E-state index in [2.05, 4.69) is 0 Å². The van der Waals surface area contributed by atoms with Gasteiger partial charge in [-0.3, -0.25) is 9.59 Å². The molecule has 1 aromatic rings. The Morgan fingerprint density at radius 2 is 1.64 bits per heavy atom. The third-order valence-electron chi connectivity index (χ3n) is 3.54.